The van der Waals surface area contributed by atoms with Gasteiger partial charge < -0.3 is 4.74 Å². The molecule has 0 unspecified atom stereocenters. The smallest absolute Gasteiger partial charge is 0.310 e. The van der Waals surface area contributed by atoms with Gasteiger partial charge in [0, 0.05) is 20.3 Å². The predicted molar refractivity (Wildman–Crippen MR) is 111 cm³/mol. The topological polar surface area (TPSA) is 26.3 Å². The first kappa shape index (κ1) is 19.4. The minimum atomic E-state index is -0.0774. The highest BCUT2D eigenvalue weighted by Gasteiger charge is 2.40. The predicted octanol–water partition coefficient (Wildman–Crippen LogP) is 5.90. The highest BCUT2D eigenvalue weighted by molar-refractivity contribution is 8.01. The van der Waals surface area contributed by atoms with Crippen LogP contribution >= 0.6 is 23.5 Å². The first-order valence-electron chi connectivity index (χ1n) is 9.11. The number of carbonyl (C=O) groups excluding carboxylic acids is 1. The second kappa shape index (κ2) is 9.01. The van der Waals surface area contributed by atoms with Crippen LogP contribution in [0.3, 0.4) is 0 Å². The highest BCUT2D eigenvalue weighted by atomic mass is 32.2. The lowest BCUT2D eigenvalue weighted by Gasteiger charge is -2.35. The minimum absolute atomic E-state index is 0.0704. The summed E-state index contributed by atoms with van der Waals surface area (Å²) in [5, 5.41) is 0.531. The molecule has 138 valence electrons. The lowest BCUT2D eigenvalue weighted by atomic mass is 9.88. The fourth-order valence-electron chi connectivity index (χ4n) is 3.41. The SMILES string of the molecule is COC(=O)C1[C@@H](Sc2ccc(C)cc2)CCC[C@@H]1Sc1ccc(C)cc1. The van der Waals surface area contributed by atoms with Gasteiger partial charge in [-0.25, -0.2) is 0 Å². The molecule has 0 spiro atoms. The average Bonchev–Trinajstić information content (AvgIpc) is 2.65. The molecular formula is C22H26O2S2. The molecule has 26 heavy (non-hydrogen) atoms. The van der Waals surface area contributed by atoms with E-state index in [1.807, 2.05) is 23.5 Å². The molecule has 2 aromatic carbocycles. The van der Waals surface area contributed by atoms with Gasteiger partial charge in [0.25, 0.3) is 0 Å². The second-order valence-corrected chi connectivity index (χ2v) is 9.54. The third-order valence-corrected chi connectivity index (χ3v) is 7.62. The van der Waals surface area contributed by atoms with Gasteiger partial charge in [-0.15, -0.1) is 23.5 Å². The van der Waals surface area contributed by atoms with Crippen molar-refractivity contribution in [3.05, 3.63) is 59.7 Å². The van der Waals surface area contributed by atoms with Crippen molar-refractivity contribution in [1.29, 1.82) is 0 Å². The van der Waals surface area contributed by atoms with Gasteiger partial charge in [-0.05, 0) is 51.0 Å². The highest BCUT2D eigenvalue weighted by Crippen LogP contribution is 2.44. The van der Waals surface area contributed by atoms with Gasteiger partial charge in [-0.2, -0.15) is 0 Å². The third kappa shape index (κ3) is 4.86. The number of aryl methyl sites for hydroxylation is 2. The second-order valence-electron chi connectivity index (χ2n) is 6.92. The van der Waals surface area contributed by atoms with Crippen LogP contribution in [0, 0.1) is 19.8 Å². The summed E-state index contributed by atoms with van der Waals surface area (Å²) < 4.78 is 5.20. The van der Waals surface area contributed by atoms with E-state index in [1.165, 1.54) is 28.0 Å². The molecule has 0 aromatic heterocycles. The van der Waals surface area contributed by atoms with Crippen molar-refractivity contribution < 1.29 is 9.53 Å². The maximum Gasteiger partial charge on any atom is 0.310 e. The van der Waals surface area contributed by atoms with Crippen LogP contribution in [0.4, 0.5) is 0 Å². The fraction of sp³-hybridized carbons (Fsp3) is 0.409. The molecule has 0 heterocycles. The maximum atomic E-state index is 12.6. The summed E-state index contributed by atoms with van der Waals surface area (Å²) in [5.41, 5.74) is 2.52. The Morgan fingerprint density at radius 2 is 1.27 bits per heavy atom. The van der Waals surface area contributed by atoms with Crippen LogP contribution in [0.1, 0.15) is 30.4 Å². The van der Waals surface area contributed by atoms with E-state index in [9.17, 15) is 4.79 Å². The standard InChI is InChI=1S/C22H26O2S2/c1-15-7-11-17(12-8-15)25-19-5-4-6-20(21(19)22(23)24-3)26-18-13-9-16(2)10-14-18/h7-14,19-21H,4-6H2,1-3H3/t19-,20-/m0/s1. The maximum absolute atomic E-state index is 12.6. The van der Waals surface area contributed by atoms with Crippen molar-refractivity contribution in [3.63, 3.8) is 0 Å². The van der Waals surface area contributed by atoms with Crippen molar-refractivity contribution in [3.8, 4) is 0 Å². The molecule has 0 radical (unpaired) electrons. The first-order valence-corrected chi connectivity index (χ1v) is 10.9. The Morgan fingerprint density at radius 3 is 1.65 bits per heavy atom. The van der Waals surface area contributed by atoms with Crippen LogP contribution in [-0.4, -0.2) is 23.6 Å². The molecule has 0 N–H and O–H groups in total. The minimum Gasteiger partial charge on any atom is -0.469 e. The summed E-state index contributed by atoms with van der Waals surface area (Å²) in [7, 11) is 1.51. The van der Waals surface area contributed by atoms with E-state index < -0.39 is 0 Å². The van der Waals surface area contributed by atoms with Gasteiger partial charge in [0.1, 0.15) is 0 Å². The summed E-state index contributed by atoms with van der Waals surface area (Å²) in [4.78, 5) is 15.1. The molecule has 0 saturated heterocycles. The number of benzene rings is 2. The van der Waals surface area contributed by atoms with E-state index in [0.717, 1.165) is 19.3 Å². The molecule has 2 aromatic rings. The molecule has 0 bridgehead atoms. The molecule has 1 saturated carbocycles. The van der Waals surface area contributed by atoms with Crippen molar-refractivity contribution in [2.24, 2.45) is 5.92 Å². The number of esters is 1. The van der Waals surface area contributed by atoms with Gasteiger partial charge in [0.15, 0.2) is 0 Å². The van der Waals surface area contributed by atoms with Gasteiger partial charge in [-0.3, -0.25) is 4.79 Å². The lowest BCUT2D eigenvalue weighted by molar-refractivity contribution is -0.145. The van der Waals surface area contributed by atoms with Crippen LogP contribution < -0.4 is 0 Å². The Morgan fingerprint density at radius 1 is 0.846 bits per heavy atom. The number of carbonyl (C=O) groups is 1. The molecule has 3 rings (SSSR count). The van der Waals surface area contributed by atoms with Crippen LogP contribution in [0.15, 0.2) is 58.3 Å². The number of rotatable bonds is 5. The number of ether oxygens (including phenoxy) is 1. The summed E-state index contributed by atoms with van der Waals surface area (Å²) >= 11 is 3.66. The molecule has 4 heteroatoms. The zero-order valence-corrected chi connectivity index (χ0v) is 17.2. The van der Waals surface area contributed by atoms with Crippen molar-refractivity contribution >= 4 is 29.5 Å². The van der Waals surface area contributed by atoms with E-state index in [1.54, 1.807) is 0 Å². The van der Waals surface area contributed by atoms with Crippen LogP contribution in [-0.2, 0) is 9.53 Å². The van der Waals surface area contributed by atoms with Crippen molar-refractivity contribution in [1.82, 2.24) is 0 Å². The molecule has 1 aliphatic rings. The quantitative estimate of drug-likeness (QED) is 0.598. The molecule has 2 nitrogen and oxygen atoms in total. The van der Waals surface area contributed by atoms with Crippen molar-refractivity contribution in [2.75, 3.05) is 7.11 Å². The Labute approximate surface area is 165 Å². The Kier molecular flexibility index (Phi) is 6.71. The average molecular weight is 387 g/mol. The first-order chi connectivity index (χ1) is 12.6. The van der Waals surface area contributed by atoms with Crippen LogP contribution in [0.2, 0.25) is 0 Å². The van der Waals surface area contributed by atoms with E-state index >= 15 is 0 Å². The van der Waals surface area contributed by atoms with Gasteiger partial charge >= 0.3 is 5.97 Å². The normalized spacial score (nSPS) is 20.7. The fourth-order valence-corrected chi connectivity index (χ4v) is 6.26. The van der Waals surface area contributed by atoms with Gasteiger partial charge in [0.05, 0.1) is 13.0 Å². The Hall–Kier alpha value is -1.39. The number of hydrogen-bond acceptors (Lipinski definition) is 4. The largest absolute Gasteiger partial charge is 0.469 e. The number of methoxy groups -OCH3 is 1. The summed E-state index contributed by atoms with van der Waals surface area (Å²) in [6, 6.07) is 17.2. The van der Waals surface area contributed by atoms with Gasteiger partial charge in [0.2, 0.25) is 0 Å². The Bertz CT molecular complexity index is 669. The summed E-state index contributed by atoms with van der Waals surface area (Å²) in [6.07, 6.45) is 3.27. The molecule has 2 atom stereocenters. The van der Waals surface area contributed by atoms with Crippen LogP contribution in [0.5, 0.6) is 0 Å². The molecule has 1 fully saturated rings. The van der Waals surface area contributed by atoms with Gasteiger partial charge in [-0.1, -0.05) is 41.8 Å². The summed E-state index contributed by atoms with van der Waals surface area (Å²) in [5.74, 6) is -0.148. The zero-order valence-electron chi connectivity index (χ0n) is 15.6. The van der Waals surface area contributed by atoms with E-state index in [0.29, 0.717) is 0 Å². The van der Waals surface area contributed by atoms with Crippen molar-refractivity contribution in [2.45, 2.75) is 53.4 Å². The monoisotopic (exact) mass is 386 g/mol. The third-order valence-electron chi connectivity index (χ3n) is 4.87. The van der Waals surface area contributed by atoms with E-state index in [4.69, 9.17) is 4.74 Å². The zero-order chi connectivity index (χ0) is 18.5. The number of hydrogen-bond donors (Lipinski definition) is 0. The molecule has 0 aliphatic heterocycles. The van der Waals surface area contributed by atoms with Crippen LogP contribution in [0.25, 0.3) is 0 Å². The molecular weight excluding hydrogens is 360 g/mol. The van der Waals surface area contributed by atoms with E-state index in [-0.39, 0.29) is 22.4 Å². The number of thioether (sulfide) groups is 2. The lowest BCUT2D eigenvalue weighted by Crippen LogP contribution is -2.39. The summed E-state index contributed by atoms with van der Waals surface area (Å²) in [6.45, 7) is 4.20. The molecule has 1 aliphatic carbocycles. The molecule has 0 amide bonds. The van der Waals surface area contributed by atoms with E-state index in [2.05, 4.69) is 62.4 Å². The Balaban J connectivity index is 1.78.